The van der Waals surface area contributed by atoms with Gasteiger partial charge in [-0.25, -0.2) is 9.07 Å². The number of fused-ring (bicyclic) bond motifs is 1. The zero-order valence-corrected chi connectivity index (χ0v) is 15.8. The van der Waals surface area contributed by atoms with E-state index < -0.39 is 18.0 Å². The first-order chi connectivity index (χ1) is 14.9. The second-order valence-corrected chi connectivity index (χ2v) is 6.64. The van der Waals surface area contributed by atoms with Crippen LogP contribution in [-0.4, -0.2) is 26.9 Å². The van der Waals surface area contributed by atoms with Crippen LogP contribution in [0.25, 0.3) is 16.6 Å². The average molecular weight is 429 g/mol. The van der Waals surface area contributed by atoms with Crippen LogP contribution in [0.2, 0.25) is 0 Å². The van der Waals surface area contributed by atoms with Crippen molar-refractivity contribution < 1.29 is 27.5 Å². The Balaban J connectivity index is 1.71. The molecule has 0 saturated carbocycles. The Morgan fingerprint density at radius 3 is 2.35 bits per heavy atom. The van der Waals surface area contributed by atoms with E-state index in [1.165, 1.54) is 42.6 Å². The molecule has 1 unspecified atom stereocenters. The summed E-state index contributed by atoms with van der Waals surface area (Å²) in [7, 11) is 0. The van der Waals surface area contributed by atoms with E-state index in [4.69, 9.17) is 9.94 Å². The van der Waals surface area contributed by atoms with Crippen LogP contribution in [0.4, 0.5) is 17.6 Å². The number of hydrogen-bond acceptors (Lipinski definition) is 4. The van der Waals surface area contributed by atoms with Crippen molar-refractivity contribution in [2.75, 3.05) is 0 Å². The van der Waals surface area contributed by atoms with Crippen molar-refractivity contribution in [2.45, 2.75) is 12.3 Å². The molecule has 0 aliphatic carbocycles. The van der Waals surface area contributed by atoms with Crippen molar-refractivity contribution in [3.63, 3.8) is 0 Å². The highest BCUT2D eigenvalue weighted by molar-refractivity contribution is 5.94. The van der Waals surface area contributed by atoms with Gasteiger partial charge in [-0.15, -0.1) is 0 Å². The summed E-state index contributed by atoms with van der Waals surface area (Å²) in [6.07, 6.45) is -5.04. The monoisotopic (exact) mass is 429 g/mol. The van der Waals surface area contributed by atoms with Crippen LogP contribution in [0.5, 0.6) is 5.75 Å². The number of alkyl halides is 3. The molecule has 0 fully saturated rings. The maximum atomic E-state index is 13.4. The maximum absolute atomic E-state index is 13.4. The summed E-state index contributed by atoms with van der Waals surface area (Å²) < 4.78 is 60.6. The molecule has 3 aromatic carbocycles. The minimum atomic E-state index is -4.90. The molecule has 4 aromatic rings. The Morgan fingerprint density at radius 1 is 1.00 bits per heavy atom. The molecule has 0 aliphatic heterocycles. The second kappa shape index (κ2) is 8.10. The van der Waals surface area contributed by atoms with E-state index in [1.54, 1.807) is 41.1 Å². The molecule has 0 radical (unpaired) electrons. The van der Waals surface area contributed by atoms with Gasteiger partial charge in [-0.3, -0.25) is 0 Å². The van der Waals surface area contributed by atoms with Crippen LogP contribution in [-0.2, 0) is 0 Å². The van der Waals surface area contributed by atoms with Crippen LogP contribution in [0.15, 0.2) is 84.1 Å². The number of rotatable bonds is 5. The Hall–Kier alpha value is -3.88. The molecule has 31 heavy (non-hydrogen) atoms. The molecule has 0 amide bonds. The van der Waals surface area contributed by atoms with E-state index in [0.717, 1.165) is 0 Å². The van der Waals surface area contributed by atoms with Gasteiger partial charge in [-0.1, -0.05) is 35.5 Å². The standard InChI is InChI=1S/C22H15F4N3O2/c23-16-6-8-17(9-7-16)29-19-11-10-18(12-15(19)13-27-29)31-20(14-4-2-1-3-5-14)21(28-30)22(24,25)26/h1-13,20,30H/b28-21+. The maximum Gasteiger partial charge on any atom is 0.436 e. The molecule has 0 spiro atoms. The predicted octanol–water partition coefficient (Wildman–Crippen LogP) is 5.68. The average Bonchev–Trinajstić information content (AvgIpc) is 3.17. The lowest BCUT2D eigenvalue weighted by molar-refractivity contribution is -0.0680. The number of oxime groups is 1. The highest BCUT2D eigenvalue weighted by Crippen LogP contribution is 2.33. The SMILES string of the molecule is O/N=C(\C(Oc1ccc2c(cnn2-c2ccc(F)cc2)c1)c1ccccc1)C(F)(F)F. The highest BCUT2D eigenvalue weighted by atomic mass is 19.4. The van der Waals surface area contributed by atoms with E-state index >= 15 is 0 Å². The van der Waals surface area contributed by atoms with E-state index in [0.29, 0.717) is 16.6 Å². The molecule has 0 saturated heterocycles. The molecule has 1 aromatic heterocycles. The molecule has 9 heteroatoms. The summed E-state index contributed by atoms with van der Waals surface area (Å²) in [5.74, 6) is -0.251. The highest BCUT2D eigenvalue weighted by Gasteiger charge is 2.43. The zero-order valence-electron chi connectivity index (χ0n) is 15.8. The van der Waals surface area contributed by atoms with Crippen molar-refractivity contribution >= 4 is 16.6 Å². The second-order valence-electron chi connectivity index (χ2n) is 6.64. The third-order valence-electron chi connectivity index (χ3n) is 4.61. The molecular weight excluding hydrogens is 414 g/mol. The number of aromatic nitrogens is 2. The molecule has 158 valence electrons. The Labute approximate surface area is 173 Å². The summed E-state index contributed by atoms with van der Waals surface area (Å²) in [5.41, 5.74) is -0.0170. The fraction of sp³-hybridized carbons (Fsp3) is 0.0909. The number of nitrogens with zero attached hydrogens (tertiary/aromatic N) is 3. The van der Waals surface area contributed by atoms with Crippen molar-refractivity contribution in [3.8, 4) is 11.4 Å². The minimum absolute atomic E-state index is 0.130. The topological polar surface area (TPSA) is 59.6 Å². The van der Waals surface area contributed by atoms with Gasteiger partial charge in [-0.2, -0.15) is 18.3 Å². The van der Waals surface area contributed by atoms with Crippen LogP contribution in [0, 0.1) is 5.82 Å². The molecule has 4 rings (SSSR count). The van der Waals surface area contributed by atoms with Gasteiger partial charge in [0.1, 0.15) is 11.6 Å². The minimum Gasteiger partial charge on any atom is -0.479 e. The van der Waals surface area contributed by atoms with Gasteiger partial charge < -0.3 is 9.94 Å². The zero-order chi connectivity index (χ0) is 22.0. The lowest BCUT2D eigenvalue weighted by atomic mass is 10.0. The summed E-state index contributed by atoms with van der Waals surface area (Å²) in [4.78, 5) is 0. The summed E-state index contributed by atoms with van der Waals surface area (Å²) in [6.45, 7) is 0. The van der Waals surface area contributed by atoms with Crippen molar-refractivity contribution in [1.82, 2.24) is 9.78 Å². The lowest BCUT2D eigenvalue weighted by Crippen LogP contribution is -2.32. The van der Waals surface area contributed by atoms with E-state index in [-0.39, 0.29) is 17.1 Å². The van der Waals surface area contributed by atoms with E-state index in [2.05, 4.69) is 10.3 Å². The number of halogens is 4. The number of benzene rings is 3. The van der Waals surface area contributed by atoms with Gasteiger partial charge in [0.2, 0.25) is 5.71 Å². The van der Waals surface area contributed by atoms with Crippen molar-refractivity contribution in [3.05, 3.63) is 90.4 Å². The fourth-order valence-electron chi connectivity index (χ4n) is 3.18. The van der Waals surface area contributed by atoms with Crippen LogP contribution in [0.1, 0.15) is 11.7 Å². The molecule has 1 atom stereocenters. The first kappa shape index (κ1) is 20.4. The van der Waals surface area contributed by atoms with Crippen LogP contribution < -0.4 is 4.74 Å². The van der Waals surface area contributed by atoms with Gasteiger partial charge in [0.05, 0.1) is 17.4 Å². The van der Waals surface area contributed by atoms with Crippen LogP contribution in [0.3, 0.4) is 0 Å². The molecule has 1 N–H and O–H groups in total. The third-order valence-corrected chi connectivity index (χ3v) is 4.61. The Morgan fingerprint density at radius 2 is 1.71 bits per heavy atom. The molecule has 5 nitrogen and oxygen atoms in total. The quantitative estimate of drug-likeness (QED) is 0.192. The first-order valence-electron chi connectivity index (χ1n) is 9.11. The Bertz CT molecular complexity index is 1220. The first-order valence-corrected chi connectivity index (χ1v) is 9.11. The summed E-state index contributed by atoms with van der Waals surface area (Å²) in [5, 5.41) is 16.4. The molecular formula is C22H15F4N3O2. The fourth-order valence-corrected chi connectivity index (χ4v) is 3.18. The van der Waals surface area contributed by atoms with Gasteiger partial charge in [0, 0.05) is 5.39 Å². The van der Waals surface area contributed by atoms with Crippen molar-refractivity contribution in [2.24, 2.45) is 5.16 Å². The lowest BCUT2D eigenvalue weighted by Gasteiger charge is -2.22. The smallest absolute Gasteiger partial charge is 0.436 e. The number of hydrogen-bond donors (Lipinski definition) is 1. The van der Waals surface area contributed by atoms with Gasteiger partial charge >= 0.3 is 6.18 Å². The number of ether oxygens (including phenoxy) is 1. The molecule has 1 heterocycles. The molecule has 0 bridgehead atoms. The van der Waals surface area contributed by atoms with Crippen LogP contribution >= 0.6 is 0 Å². The van der Waals surface area contributed by atoms with Gasteiger partial charge in [0.25, 0.3) is 0 Å². The predicted molar refractivity (Wildman–Crippen MR) is 106 cm³/mol. The van der Waals surface area contributed by atoms with Gasteiger partial charge in [0.15, 0.2) is 6.10 Å². The third kappa shape index (κ3) is 4.20. The summed E-state index contributed by atoms with van der Waals surface area (Å²) in [6, 6.07) is 18.1. The van der Waals surface area contributed by atoms with E-state index in [1.807, 2.05) is 0 Å². The molecule has 0 aliphatic rings. The largest absolute Gasteiger partial charge is 0.479 e. The summed E-state index contributed by atoms with van der Waals surface area (Å²) >= 11 is 0. The van der Waals surface area contributed by atoms with Gasteiger partial charge in [-0.05, 0) is 48.0 Å². The van der Waals surface area contributed by atoms with E-state index in [9.17, 15) is 17.6 Å². The normalized spacial score (nSPS) is 13.4. The Kier molecular flexibility index (Phi) is 5.33. The van der Waals surface area contributed by atoms with Crippen molar-refractivity contribution in [1.29, 1.82) is 0 Å².